The van der Waals surface area contributed by atoms with E-state index in [1.165, 1.54) is 12.5 Å². The summed E-state index contributed by atoms with van der Waals surface area (Å²) in [5, 5.41) is 0. The number of rotatable bonds is 4. The van der Waals surface area contributed by atoms with Gasteiger partial charge < -0.3 is 4.90 Å². The Morgan fingerprint density at radius 1 is 1.17 bits per heavy atom. The van der Waals surface area contributed by atoms with Gasteiger partial charge in [-0.25, -0.2) is 28.4 Å². The molecule has 2 aromatic rings. The molecule has 0 bridgehead atoms. The number of nitrogens with zero attached hydrogens (tertiary/aromatic N) is 5. The van der Waals surface area contributed by atoms with Crippen molar-refractivity contribution in [2.45, 2.75) is 45.2 Å². The lowest BCUT2D eigenvalue weighted by molar-refractivity contribution is 0.600. The summed E-state index contributed by atoms with van der Waals surface area (Å²) in [6.07, 6.45) is 5.23. The summed E-state index contributed by atoms with van der Waals surface area (Å²) in [5.74, 6) is 2.29. The third-order valence-electron chi connectivity index (χ3n) is 3.85. The molecule has 0 radical (unpaired) electrons. The highest BCUT2D eigenvalue weighted by Crippen LogP contribution is 2.30. The molecule has 3 rings (SSSR count). The Kier molecular flexibility index (Phi) is 4.25. The summed E-state index contributed by atoms with van der Waals surface area (Å²) in [4.78, 5) is 19.5. The van der Waals surface area contributed by atoms with E-state index in [0.717, 1.165) is 23.5 Å². The first-order valence-electron chi connectivity index (χ1n) is 7.86. The van der Waals surface area contributed by atoms with E-state index < -0.39 is 9.84 Å². The first-order valence-corrected chi connectivity index (χ1v) is 9.75. The summed E-state index contributed by atoms with van der Waals surface area (Å²) in [5.41, 5.74) is 1.95. The second kappa shape index (κ2) is 6.08. The van der Waals surface area contributed by atoms with E-state index in [4.69, 9.17) is 0 Å². The smallest absolute Gasteiger partial charge is 0.180 e. The maximum atomic E-state index is 12.0. The van der Waals surface area contributed by atoms with Gasteiger partial charge in [-0.2, -0.15) is 0 Å². The second-order valence-corrected chi connectivity index (χ2v) is 8.57. The molecule has 7 nitrogen and oxygen atoms in total. The maximum absolute atomic E-state index is 12.0. The van der Waals surface area contributed by atoms with Crippen molar-refractivity contribution in [1.82, 2.24) is 19.9 Å². The molecule has 0 aliphatic carbocycles. The average Bonchev–Trinajstić information content (AvgIpc) is 2.88. The molecule has 0 amide bonds. The van der Waals surface area contributed by atoms with Crippen LogP contribution in [0.2, 0.25) is 0 Å². The van der Waals surface area contributed by atoms with Crippen molar-refractivity contribution in [3.05, 3.63) is 35.3 Å². The Bertz CT molecular complexity index is 880. The van der Waals surface area contributed by atoms with Crippen LogP contribution in [0.25, 0.3) is 0 Å². The minimum Gasteiger partial charge on any atom is -0.345 e. The van der Waals surface area contributed by atoms with Crippen LogP contribution in [0.5, 0.6) is 0 Å². The fraction of sp³-hybridized carbons (Fsp3) is 0.500. The number of aryl methyl sites for hydroxylation is 1. The van der Waals surface area contributed by atoms with Gasteiger partial charge in [0, 0.05) is 31.0 Å². The van der Waals surface area contributed by atoms with Gasteiger partial charge >= 0.3 is 0 Å². The molecule has 2 aromatic heterocycles. The van der Waals surface area contributed by atoms with Gasteiger partial charge in [-0.1, -0.05) is 13.8 Å². The van der Waals surface area contributed by atoms with Gasteiger partial charge in [-0.15, -0.1) is 0 Å². The van der Waals surface area contributed by atoms with Crippen LogP contribution in [-0.2, 0) is 29.3 Å². The molecule has 1 aliphatic heterocycles. The largest absolute Gasteiger partial charge is 0.345 e. The Balaban J connectivity index is 1.95. The summed E-state index contributed by atoms with van der Waals surface area (Å²) >= 11 is 0. The van der Waals surface area contributed by atoms with E-state index >= 15 is 0 Å². The highest BCUT2D eigenvalue weighted by molar-refractivity contribution is 7.90. The van der Waals surface area contributed by atoms with E-state index in [1.54, 1.807) is 6.92 Å². The van der Waals surface area contributed by atoms with Crippen LogP contribution < -0.4 is 4.90 Å². The van der Waals surface area contributed by atoms with Crippen LogP contribution in [0.1, 0.15) is 36.8 Å². The lowest BCUT2D eigenvalue weighted by atomic mass is 10.1. The van der Waals surface area contributed by atoms with E-state index in [2.05, 4.69) is 33.8 Å². The minimum atomic E-state index is -3.40. The summed E-state index contributed by atoms with van der Waals surface area (Å²) < 4.78 is 24.1. The Hall–Kier alpha value is -2.09. The summed E-state index contributed by atoms with van der Waals surface area (Å²) in [6.45, 7) is 7.09. The van der Waals surface area contributed by atoms with Gasteiger partial charge in [0.05, 0.1) is 18.4 Å². The number of hydrogen-bond donors (Lipinski definition) is 0. The fourth-order valence-corrected chi connectivity index (χ4v) is 3.49. The van der Waals surface area contributed by atoms with E-state index in [1.807, 2.05) is 11.1 Å². The summed E-state index contributed by atoms with van der Waals surface area (Å²) in [6, 6.07) is 0. The van der Waals surface area contributed by atoms with Crippen LogP contribution in [0.3, 0.4) is 0 Å². The molecule has 0 spiro atoms. The van der Waals surface area contributed by atoms with Gasteiger partial charge in [0.2, 0.25) is 0 Å². The molecule has 3 heterocycles. The fourth-order valence-electron chi connectivity index (χ4n) is 2.74. The molecular formula is C16H21N5O2S. The first-order chi connectivity index (χ1) is 11.2. The molecule has 1 aliphatic rings. The van der Waals surface area contributed by atoms with Gasteiger partial charge in [-0.05, 0) is 12.8 Å². The topological polar surface area (TPSA) is 88.9 Å². The minimum absolute atomic E-state index is 0.149. The van der Waals surface area contributed by atoms with Crippen molar-refractivity contribution >= 4 is 15.7 Å². The molecule has 128 valence electrons. The Morgan fingerprint density at radius 2 is 1.92 bits per heavy atom. The van der Waals surface area contributed by atoms with Gasteiger partial charge in [0.1, 0.15) is 16.5 Å². The highest BCUT2D eigenvalue weighted by Gasteiger charge is 2.27. The third-order valence-corrected chi connectivity index (χ3v) is 4.94. The summed E-state index contributed by atoms with van der Waals surface area (Å²) in [7, 11) is -3.40. The van der Waals surface area contributed by atoms with Crippen molar-refractivity contribution in [3.63, 3.8) is 0 Å². The van der Waals surface area contributed by atoms with E-state index in [-0.39, 0.29) is 4.90 Å². The number of fused-ring (bicyclic) bond motifs is 1. The predicted octanol–water partition coefficient (Wildman–Crippen LogP) is 1.70. The van der Waals surface area contributed by atoms with Crippen molar-refractivity contribution in [2.24, 2.45) is 5.92 Å². The molecule has 0 N–H and O–H groups in total. The van der Waals surface area contributed by atoms with E-state index in [9.17, 15) is 8.42 Å². The molecule has 24 heavy (non-hydrogen) atoms. The number of sulfone groups is 1. The zero-order valence-electron chi connectivity index (χ0n) is 14.3. The van der Waals surface area contributed by atoms with Crippen molar-refractivity contribution < 1.29 is 8.42 Å². The molecule has 0 saturated heterocycles. The van der Waals surface area contributed by atoms with Gasteiger partial charge in [0.25, 0.3) is 0 Å². The lowest BCUT2D eigenvalue weighted by Crippen LogP contribution is -2.20. The quantitative estimate of drug-likeness (QED) is 0.831. The first kappa shape index (κ1) is 16.8. The molecule has 0 aromatic carbocycles. The van der Waals surface area contributed by atoms with Crippen LogP contribution >= 0.6 is 0 Å². The molecule has 0 fully saturated rings. The van der Waals surface area contributed by atoms with Crippen molar-refractivity contribution in [1.29, 1.82) is 0 Å². The Morgan fingerprint density at radius 3 is 2.58 bits per heavy atom. The third kappa shape index (κ3) is 3.38. The molecule has 0 saturated carbocycles. The van der Waals surface area contributed by atoms with Crippen molar-refractivity contribution in [3.8, 4) is 0 Å². The zero-order chi connectivity index (χ0) is 17.5. The number of hydrogen-bond acceptors (Lipinski definition) is 7. The predicted molar refractivity (Wildman–Crippen MR) is 90.3 cm³/mol. The Labute approximate surface area is 142 Å². The van der Waals surface area contributed by atoms with Gasteiger partial charge in [0.15, 0.2) is 15.7 Å². The second-order valence-electron chi connectivity index (χ2n) is 6.59. The van der Waals surface area contributed by atoms with Gasteiger partial charge in [-0.3, -0.25) is 0 Å². The molecule has 8 heteroatoms. The molecule has 0 atom stereocenters. The zero-order valence-corrected chi connectivity index (χ0v) is 15.1. The molecule has 0 unspecified atom stereocenters. The van der Waals surface area contributed by atoms with Crippen molar-refractivity contribution in [2.75, 3.05) is 11.2 Å². The van der Waals surface area contributed by atoms with E-state index in [0.29, 0.717) is 30.6 Å². The van der Waals surface area contributed by atoms with Crippen LogP contribution in [0.4, 0.5) is 5.82 Å². The SMILES string of the molecule is Cc1ncc(S(C)(=O)=O)c(N2Cc3cnc(CC(C)C)nc3C2)n1. The maximum Gasteiger partial charge on any atom is 0.180 e. The lowest BCUT2D eigenvalue weighted by Gasteiger charge is -2.19. The molecular weight excluding hydrogens is 326 g/mol. The highest BCUT2D eigenvalue weighted by atomic mass is 32.2. The van der Waals surface area contributed by atoms with Crippen LogP contribution in [0.15, 0.2) is 17.3 Å². The van der Waals surface area contributed by atoms with Crippen LogP contribution in [-0.4, -0.2) is 34.6 Å². The number of aromatic nitrogens is 4. The average molecular weight is 347 g/mol. The standard InChI is InChI=1S/C16H21N5O2S/c1-10(2)5-15-18-6-12-8-21(9-13(12)20-15)16-14(24(4,22)23)7-17-11(3)19-16/h6-7,10H,5,8-9H2,1-4H3. The van der Waals surface area contributed by atoms with Crippen LogP contribution in [0, 0.1) is 12.8 Å². The monoisotopic (exact) mass is 347 g/mol. The number of anilines is 1. The normalized spacial score (nSPS) is 14.3.